The number of rotatable bonds is 6. The summed E-state index contributed by atoms with van der Waals surface area (Å²) in [5.41, 5.74) is 7.43. The predicted octanol–water partition coefficient (Wildman–Crippen LogP) is 8.46. The summed E-state index contributed by atoms with van der Waals surface area (Å²) in [6.45, 7) is 10.5. The first kappa shape index (κ1) is 30.2. The van der Waals surface area contributed by atoms with E-state index < -0.39 is 0 Å². The van der Waals surface area contributed by atoms with Gasteiger partial charge in [-0.3, -0.25) is 9.59 Å². The van der Waals surface area contributed by atoms with E-state index in [0.29, 0.717) is 22.6 Å². The molecule has 0 saturated carbocycles. The van der Waals surface area contributed by atoms with Crippen molar-refractivity contribution >= 4 is 44.8 Å². The quantitative estimate of drug-likeness (QED) is 0.207. The Morgan fingerprint density at radius 3 is 2.25 bits per heavy atom. The number of amides is 2. The lowest BCUT2D eigenvalue weighted by Crippen LogP contribution is -2.11. The van der Waals surface area contributed by atoms with Crippen molar-refractivity contribution in [1.82, 2.24) is 9.97 Å². The molecule has 0 aliphatic carbocycles. The molecule has 206 valence electrons. The number of benzene rings is 3. The smallest absolute Gasteiger partial charge is 0.255 e. The molecule has 2 N–H and O–H groups in total. The van der Waals surface area contributed by atoms with Gasteiger partial charge in [-0.15, -0.1) is 0 Å². The van der Waals surface area contributed by atoms with Crippen LogP contribution in [0.1, 0.15) is 54.2 Å². The van der Waals surface area contributed by atoms with Gasteiger partial charge in [0.15, 0.2) is 5.13 Å². The van der Waals surface area contributed by atoms with Crippen molar-refractivity contribution in [3.05, 3.63) is 107 Å². The third kappa shape index (κ3) is 8.85. The molecule has 5 rings (SSSR count). The molecule has 5 aromatic rings. The number of aromatic nitrogens is 2. The number of nitrogens with zero attached hydrogens (tertiary/aromatic N) is 2. The minimum atomic E-state index is -0.177. The van der Waals surface area contributed by atoms with Crippen LogP contribution in [-0.2, 0) is 11.2 Å². The Balaban J connectivity index is 0.000000307. The number of pyridine rings is 1. The molecule has 0 bridgehead atoms. The van der Waals surface area contributed by atoms with E-state index in [1.54, 1.807) is 6.07 Å². The molecule has 0 aliphatic heterocycles. The Labute approximate surface area is 240 Å². The molecule has 0 radical (unpaired) electrons. The maximum atomic E-state index is 12.6. The molecule has 0 fully saturated rings. The van der Waals surface area contributed by atoms with Crippen molar-refractivity contribution < 1.29 is 9.59 Å². The van der Waals surface area contributed by atoms with Gasteiger partial charge in [0.05, 0.1) is 5.69 Å². The Hall–Kier alpha value is -4.36. The Morgan fingerprint density at radius 1 is 0.850 bits per heavy atom. The summed E-state index contributed by atoms with van der Waals surface area (Å²) in [5.74, 6) is -0.177. The van der Waals surface area contributed by atoms with Crippen molar-refractivity contribution in [2.75, 3.05) is 10.6 Å². The van der Waals surface area contributed by atoms with Crippen LogP contribution in [0.25, 0.3) is 21.6 Å². The summed E-state index contributed by atoms with van der Waals surface area (Å²) in [6.07, 6.45) is 2.98. The van der Waals surface area contributed by atoms with E-state index in [4.69, 9.17) is 0 Å². The molecule has 3 aromatic carbocycles. The average Bonchev–Trinajstić information content (AvgIpc) is 3.36. The molecule has 0 unspecified atom stereocenters. The normalized spacial score (nSPS) is 10.0. The van der Waals surface area contributed by atoms with Gasteiger partial charge in [-0.1, -0.05) is 92.6 Å². The number of thiazole rings is 1. The van der Waals surface area contributed by atoms with Gasteiger partial charge >= 0.3 is 0 Å². The van der Waals surface area contributed by atoms with Crippen molar-refractivity contribution in [3.8, 4) is 11.3 Å². The zero-order chi connectivity index (χ0) is 28.9. The molecule has 40 heavy (non-hydrogen) atoms. The zero-order valence-electron chi connectivity index (χ0n) is 23.7. The predicted molar refractivity (Wildman–Crippen MR) is 168 cm³/mol. The Bertz CT molecular complexity index is 1540. The number of nitrogens with one attached hydrogen (secondary N) is 2. The summed E-state index contributed by atoms with van der Waals surface area (Å²) in [4.78, 5) is 32.8. The largest absolute Gasteiger partial charge is 0.322 e. The minimum absolute atomic E-state index is 0.177. The molecule has 0 saturated heterocycles. The molecule has 2 amide bonds. The van der Waals surface area contributed by atoms with Crippen molar-refractivity contribution in [2.24, 2.45) is 0 Å². The second-order valence-corrected chi connectivity index (χ2v) is 10.2. The number of aryl methyl sites for hydroxylation is 3. The van der Waals surface area contributed by atoms with Crippen LogP contribution >= 0.6 is 11.3 Å². The first-order chi connectivity index (χ1) is 19.4. The molecule has 2 heterocycles. The number of hydrogen-bond acceptors (Lipinski definition) is 5. The standard InChI is InChI=1S/C21H16N4O2S.C9H12.C3H8/c1-13-4-2-7-16(10-13)23-19(27)15-6-3-5-14(11-15)17-8-9-18-20(24-17)28-21(25-18)22-12-26;1-3-9-6-4-8(2)5-7-9;1-3-2/h2-12H,1H3,(H,23,27)(H,22,25,26);4-7H,3H2,1-2H3;3H2,1-2H3. The molecule has 0 aliphatic rings. The fourth-order valence-electron chi connectivity index (χ4n) is 3.66. The highest BCUT2D eigenvalue weighted by atomic mass is 32.1. The monoisotopic (exact) mass is 552 g/mol. The van der Waals surface area contributed by atoms with Gasteiger partial charge in [0.1, 0.15) is 10.3 Å². The summed E-state index contributed by atoms with van der Waals surface area (Å²) in [7, 11) is 0. The number of hydrogen-bond donors (Lipinski definition) is 2. The van der Waals surface area contributed by atoms with E-state index in [0.717, 1.165) is 33.8 Å². The molecular formula is C33H36N4O2S. The maximum Gasteiger partial charge on any atom is 0.255 e. The van der Waals surface area contributed by atoms with Crippen LogP contribution in [0.2, 0.25) is 0 Å². The van der Waals surface area contributed by atoms with Gasteiger partial charge < -0.3 is 10.6 Å². The molecule has 6 nitrogen and oxygen atoms in total. The van der Waals surface area contributed by atoms with Gasteiger partial charge in [-0.25, -0.2) is 9.97 Å². The van der Waals surface area contributed by atoms with E-state index in [2.05, 4.69) is 72.6 Å². The second-order valence-electron chi connectivity index (χ2n) is 9.25. The van der Waals surface area contributed by atoms with Crippen LogP contribution in [0.3, 0.4) is 0 Å². The number of anilines is 2. The molecular weight excluding hydrogens is 516 g/mol. The van der Waals surface area contributed by atoms with Crippen LogP contribution in [0.15, 0.2) is 84.9 Å². The topological polar surface area (TPSA) is 84.0 Å². The van der Waals surface area contributed by atoms with Crippen LogP contribution < -0.4 is 10.6 Å². The number of carbonyl (C=O) groups excluding carboxylic acids is 2. The molecule has 0 atom stereocenters. The van der Waals surface area contributed by atoms with Gasteiger partial charge in [0.25, 0.3) is 5.91 Å². The lowest BCUT2D eigenvalue weighted by Gasteiger charge is -2.08. The third-order valence-electron chi connectivity index (χ3n) is 5.66. The van der Waals surface area contributed by atoms with Crippen LogP contribution in [0, 0.1) is 13.8 Å². The third-order valence-corrected chi connectivity index (χ3v) is 6.56. The fourth-order valence-corrected chi connectivity index (χ4v) is 4.46. The van der Waals surface area contributed by atoms with Gasteiger partial charge in [0, 0.05) is 16.8 Å². The fraction of sp³-hybridized carbons (Fsp3) is 0.212. The van der Waals surface area contributed by atoms with Gasteiger partial charge in [-0.05, 0) is 67.8 Å². The first-order valence-corrected chi connectivity index (χ1v) is 14.2. The van der Waals surface area contributed by atoms with Crippen LogP contribution in [0.4, 0.5) is 10.8 Å². The average molecular weight is 553 g/mol. The van der Waals surface area contributed by atoms with E-state index >= 15 is 0 Å². The summed E-state index contributed by atoms with van der Waals surface area (Å²) in [5, 5.41) is 5.96. The lowest BCUT2D eigenvalue weighted by atomic mass is 10.1. The van der Waals surface area contributed by atoms with Crippen molar-refractivity contribution in [2.45, 2.75) is 47.5 Å². The van der Waals surface area contributed by atoms with E-state index in [-0.39, 0.29) is 5.91 Å². The van der Waals surface area contributed by atoms with Crippen LogP contribution in [-0.4, -0.2) is 22.3 Å². The highest BCUT2D eigenvalue weighted by Crippen LogP contribution is 2.27. The Morgan fingerprint density at radius 2 is 1.57 bits per heavy atom. The maximum absolute atomic E-state index is 12.6. The lowest BCUT2D eigenvalue weighted by molar-refractivity contribution is -0.105. The Kier molecular flexibility index (Phi) is 11.5. The molecule has 2 aromatic heterocycles. The van der Waals surface area contributed by atoms with E-state index in [1.807, 2.05) is 61.5 Å². The zero-order valence-corrected chi connectivity index (χ0v) is 24.5. The SMILES string of the molecule is CCC.CCc1ccc(C)cc1.Cc1cccc(NC(=O)c2cccc(-c3ccc4nc(NC=O)sc4n3)c2)c1. The van der Waals surface area contributed by atoms with Gasteiger partial charge in [-0.2, -0.15) is 0 Å². The number of fused-ring (bicyclic) bond motifs is 1. The van der Waals surface area contributed by atoms with Crippen molar-refractivity contribution in [3.63, 3.8) is 0 Å². The first-order valence-electron chi connectivity index (χ1n) is 13.4. The van der Waals surface area contributed by atoms with Gasteiger partial charge in [0.2, 0.25) is 6.41 Å². The highest BCUT2D eigenvalue weighted by Gasteiger charge is 2.11. The summed E-state index contributed by atoms with van der Waals surface area (Å²) < 4.78 is 0. The van der Waals surface area contributed by atoms with E-state index in [9.17, 15) is 9.59 Å². The minimum Gasteiger partial charge on any atom is -0.322 e. The molecule has 0 spiro atoms. The van der Waals surface area contributed by atoms with Crippen molar-refractivity contribution in [1.29, 1.82) is 0 Å². The highest BCUT2D eigenvalue weighted by molar-refractivity contribution is 7.21. The number of carbonyl (C=O) groups is 2. The second kappa shape index (κ2) is 15.3. The summed E-state index contributed by atoms with van der Waals surface area (Å²) >= 11 is 1.30. The van der Waals surface area contributed by atoms with E-state index in [1.165, 1.54) is 28.9 Å². The summed E-state index contributed by atoms with van der Waals surface area (Å²) in [6, 6.07) is 27.3. The van der Waals surface area contributed by atoms with Crippen LogP contribution in [0.5, 0.6) is 0 Å². The molecule has 7 heteroatoms.